The maximum absolute atomic E-state index is 13.1. The number of benzene rings is 1. The van der Waals surface area contributed by atoms with Crippen molar-refractivity contribution in [2.75, 3.05) is 0 Å². The Kier molecular flexibility index (Phi) is 5.15. The zero-order valence-corrected chi connectivity index (χ0v) is 13.7. The first-order valence-corrected chi connectivity index (χ1v) is 8.67. The fourth-order valence-electron chi connectivity index (χ4n) is 2.22. The molecule has 2 rings (SSSR count). The van der Waals surface area contributed by atoms with Crippen molar-refractivity contribution in [3.8, 4) is 0 Å². The van der Waals surface area contributed by atoms with Crippen LogP contribution in [-0.4, -0.2) is 14.3 Å². The summed E-state index contributed by atoms with van der Waals surface area (Å²) in [6.07, 6.45) is 7.23. The fraction of sp³-hybridized carbons (Fsp3) is 0.235. The second-order valence-electron chi connectivity index (χ2n) is 5.30. The maximum atomic E-state index is 13.1. The van der Waals surface area contributed by atoms with E-state index in [9.17, 15) is 17.6 Å². The van der Waals surface area contributed by atoms with Gasteiger partial charge in [0.15, 0.2) is 5.37 Å². The van der Waals surface area contributed by atoms with Gasteiger partial charge in [-0.25, -0.2) is 12.8 Å². The molecular weight excluding hydrogens is 317 g/mol. The van der Waals surface area contributed by atoms with E-state index >= 15 is 0 Å². The van der Waals surface area contributed by atoms with E-state index in [4.69, 9.17) is 0 Å². The molecule has 0 saturated carbocycles. The summed E-state index contributed by atoms with van der Waals surface area (Å²) in [5, 5.41) is 1.19. The summed E-state index contributed by atoms with van der Waals surface area (Å²) in [7, 11) is -3.85. The van der Waals surface area contributed by atoms with E-state index in [1.54, 1.807) is 12.2 Å². The number of hydrogen-bond donors (Lipinski definition) is 1. The van der Waals surface area contributed by atoms with Gasteiger partial charge in [-0.3, -0.25) is 4.79 Å². The number of sulfone groups is 1. The van der Waals surface area contributed by atoms with Crippen molar-refractivity contribution < 1.29 is 17.6 Å². The fourth-order valence-corrected chi connectivity index (χ4v) is 3.91. The van der Waals surface area contributed by atoms with E-state index in [1.165, 1.54) is 37.3 Å². The van der Waals surface area contributed by atoms with Gasteiger partial charge in [-0.1, -0.05) is 35.9 Å². The van der Waals surface area contributed by atoms with Crippen molar-refractivity contribution in [2.45, 2.75) is 25.6 Å². The first-order chi connectivity index (χ1) is 10.8. The van der Waals surface area contributed by atoms with Crippen molar-refractivity contribution in [2.24, 2.45) is 0 Å². The Morgan fingerprint density at radius 3 is 2.43 bits per heavy atom. The highest BCUT2D eigenvalue weighted by molar-refractivity contribution is 7.95. The Hall–Kier alpha value is -2.21. The average molecular weight is 335 g/mol. The van der Waals surface area contributed by atoms with Crippen LogP contribution in [-0.2, 0) is 14.6 Å². The van der Waals surface area contributed by atoms with Crippen LogP contribution in [0.25, 0.3) is 0 Å². The minimum Gasteiger partial charge on any atom is -0.336 e. The van der Waals surface area contributed by atoms with Gasteiger partial charge in [0.2, 0.25) is 15.7 Å². The van der Waals surface area contributed by atoms with Crippen LogP contribution in [0.5, 0.6) is 0 Å². The van der Waals surface area contributed by atoms with Crippen molar-refractivity contribution in [3.63, 3.8) is 0 Å². The van der Waals surface area contributed by atoms with Crippen LogP contribution < -0.4 is 5.32 Å². The van der Waals surface area contributed by atoms with Gasteiger partial charge >= 0.3 is 0 Å². The Bertz CT molecular complexity index is 790. The lowest BCUT2D eigenvalue weighted by Crippen LogP contribution is -2.32. The summed E-state index contributed by atoms with van der Waals surface area (Å²) in [4.78, 5) is 11.6. The number of amides is 1. The topological polar surface area (TPSA) is 63.2 Å². The highest BCUT2D eigenvalue weighted by Crippen LogP contribution is 2.28. The van der Waals surface area contributed by atoms with Crippen molar-refractivity contribution in [1.82, 2.24) is 5.32 Å². The molecular formula is C17H18FNO3S. The molecule has 23 heavy (non-hydrogen) atoms. The van der Waals surface area contributed by atoms with Crippen molar-refractivity contribution in [1.29, 1.82) is 0 Å². The molecule has 1 aromatic carbocycles. The van der Waals surface area contributed by atoms with Gasteiger partial charge in [0.05, 0.1) is 4.91 Å². The molecule has 0 fully saturated rings. The number of carbonyl (C=O) groups is 1. The predicted octanol–water partition coefficient (Wildman–Crippen LogP) is 3.17. The number of hydrogen-bond acceptors (Lipinski definition) is 3. The molecule has 0 saturated heterocycles. The van der Waals surface area contributed by atoms with Crippen molar-refractivity contribution >= 4 is 15.7 Å². The van der Waals surface area contributed by atoms with E-state index in [0.29, 0.717) is 12.0 Å². The molecule has 0 radical (unpaired) electrons. The van der Waals surface area contributed by atoms with E-state index < -0.39 is 26.9 Å². The molecule has 4 nitrogen and oxygen atoms in total. The lowest BCUT2D eigenvalue weighted by Gasteiger charge is -2.19. The van der Waals surface area contributed by atoms with Crippen LogP contribution >= 0.6 is 0 Å². The third-order valence-corrected chi connectivity index (χ3v) is 5.39. The van der Waals surface area contributed by atoms with Gasteiger partial charge < -0.3 is 5.32 Å². The summed E-state index contributed by atoms with van der Waals surface area (Å²) in [5.74, 6) is -0.948. The Balaban J connectivity index is 2.45. The molecule has 6 heteroatoms. The Morgan fingerprint density at radius 2 is 1.83 bits per heavy atom. The standard InChI is InChI=1S/C17H18FNO3S/c1-12-4-3-5-16(11-6-12)23(21,22)17(19-13(2)20)14-7-9-15(18)10-8-14/h4-11,17H,3H2,1-2H3,(H,19,20). The van der Waals surface area contributed by atoms with E-state index in [-0.39, 0.29) is 4.91 Å². The molecule has 0 bridgehead atoms. The zero-order chi connectivity index (χ0) is 17.0. The number of rotatable bonds is 4. The third-order valence-electron chi connectivity index (χ3n) is 3.42. The van der Waals surface area contributed by atoms with Gasteiger partial charge in [0.25, 0.3) is 0 Å². The summed E-state index contributed by atoms with van der Waals surface area (Å²) >= 11 is 0. The van der Waals surface area contributed by atoms with Crippen LogP contribution in [0.3, 0.4) is 0 Å². The minimum absolute atomic E-state index is 0.133. The first kappa shape index (κ1) is 17.1. The van der Waals surface area contributed by atoms with E-state index in [0.717, 1.165) is 5.57 Å². The Morgan fingerprint density at radius 1 is 1.17 bits per heavy atom. The van der Waals surface area contributed by atoms with Crippen LogP contribution in [0.2, 0.25) is 0 Å². The molecule has 0 spiro atoms. The highest BCUT2D eigenvalue weighted by Gasteiger charge is 2.30. The second kappa shape index (κ2) is 6.91. The monoisotopic (exact) mass is 335 g/mol. The molecule has 1 aromatic rings. The lowest BCUT2D eigenvalue weighted by atomic mass is 10.2. The number of halogens is 1. The summed E-state index contributed by atoms with van der Waals surface area (Å²) in [5.41, 5.74) is 1.27. The molecule has 122 valence electrons. The molecule has 0 aliphatic heterocycles. The van der Waals surface area contributed by atoms with Crippen LogP contribution in [0, 0.1) is 5.82 Å². The van der Waals surface area contributed by atoms with Gasteiger partial charge in [0.1, 0.15) is 5.82 Å². The van der Waals surface area contributed by atoms with Crippen LogP contribution in [0.1, 0.15) is 31.2 Å². The Labute approximate surface area is 135 Å². The predicted molar refractivity (Wildman–Crippen MR) is 87.5 cm³/mol. The lowest BCUT2D eigenvalue weighted by molar-refractivity contribution is -0.119. The molecule has 1 atom stereocenters. The molecule has 1 aliphatic rings. The first-order valence-electron chi connectivity index (χ1n) is 7.12. The minimum atomic E-state index is -3.85. The van der Waals surface area contributed by atoms with E-state index in [1.807, 2.05) is 13.0 Å². The van der Waals surface area contributed by atoms with E-state index in [2.05, 4.69) is 5.32 Å². The smallest absolute Gasteiger partial charge is 0.218 e. The molecule has 1 aliphatic carbocycles. The van der Waals surface area contributed by atoms with Gasteiger partial charge in [-0.05, 0) is 37.1 Å². The third kappa shape index (κ3) is 4.16. The van der Waals surface area contributed by atoms with Gasteiger partial charge in [-0.15, -0.1) is 0 Å². The summed E-state index contributed by atoms with van der Waals surface area (Å²) < 4.78 is 38.9. The number of carbonyl (C=O) groups excluding carboxylic acids is 1. The molecule has 1 unspecified atom stereocenters. The van der Waals surface area contributed by atoms with Crippen LogP contribution in [0.15, 0.2) is 59.0 Å². The second-order valence-corrected chi connectivity index (χ2v) is 7.33. The van der Waals surface area contributed by atoms with Gasteiger partial charge in [-0.2, -0.15) is 0 Å². The summed E-state index contributed by atoms with van der Waals surface area (Å²) in [6.45, 7) is 3.13. The molecule has 1 N–H and O–H groups in total. The highest BCUT2D eigenvalue weighted by atomic mass is 32.2. The maximum Gasteiger partial charge on any atom is 0.218 e. The zero-order valence-electron chi connectivity index (χ0n) is 12.9. The molecule has 0 aromatic heterocycles. The average Bonchev–Trinajstić information content (AvgIpc) is 2.71. The molecule has 0 heterocycles. The number of allylic oxidation sites excluding steroid dienone is 5. The quantitative estimate of drug-likeness (QED) is 0.919. The van der Waals surface area contributed by atoms with Crippen molar-refractivity contribution in [3.05, 3.63) is 70.4 Å². The molecule has 1 amide bonds. The summed E-state index contributed by atoms with van der Waals surface area (Å²) in [6, 6.07) is 5.06. The van der Waals surface area contributed by atoms with Crippen LogP contribution in [0.4, 0.5) is 4.39 Å². The SMILES string of the molecule is CC(=O)NC(c1ccc(F)cc1)S(=O)(=O)C1=CCC=C(C)C=C1. The number of nitrogens with one attached hydrogen (secondary N) is 1. The normalized spacial score (nSPS) is 16.1. The largest absolute Gasteiger partial charge is 0.336 e. The van der Waals surface area contributed by atoms with Gasteiger partial charge in [0, 0.05) is 6.92 Å².